The van der Waals surface area contributed by atoms with E-state index in [9.17, 15) is 9.59 Å². The minimum Gasteiger partial charge on any atom is -0.353 e. The van der Waals surface area contributed by atoms with Gasteiger partial charge in [-0.25, -0.2) is 0 Å². The van der Waals surface area contributed by atoms with Crippen LogP contribution < -0.4 is 5.32 Å². The number of carbonyl (C=O) groups is 2. The van der Waals surface area contributed by atoms with Crippen LogP contribution in [0, 0.1) is 0 Å². The standard InChI is InChI=1S/C21H27N3O4/c1-24-17-13-14(5-4-12-28-19-6-2-3-11-27-19)7-8-15(17)20(23-24)16-9-10-18(25)22-21(16)26/h7-8,13,16,19H,2-6,9-12H2,1H3,(H,22,25,26). The zero-order chi connectivity index (χ0) is 19.5. The smallest absolute Gasteiger partial charge is 0.235 e. The first-order valence-corrected chi connectivity index (χ1v) is 10.1. The fraction of sp³-hybridized carbons (Fsp3) is 0.571. The van der Waals surface area contributed by atoms with E-state index in [0.29, 0.717) is 19.4 Å². The van der Waals surface area contributed by atoms with Gasteiger partial charge in [0.1, 0.15) is 0 Å². The molecule has 2 aliphatic heterocycles. The molecule has 2 aromatic rings. The third-order valence-corrected chi connectivity index (χ3v) is 5.57. The molecule has 7 heteroatoms. The molecule has 0 bridgehead atoms. The number of piperidine rings is 1. The number of nitrogens with one attached hydrogen (secondary N) is 1. The van der Waals surface area contributed by atoms with Crippen LogP contribution in [0.3, 0.4) is 0 Å². The third-order valence-electron chi connectivity index (χ3n) is 5.57. The number of ether oxygens (including phenoxy) is 2. The summed E-state index contributed by atoms with van der Waals surface area (Å²) in [5, 5.41) is 7.99. The lowest BCUT2D eigenvalue weighted by atomic mass is 9.92. The second kappa shape index (κ2) is 8.41. The molecule has 2 aliphatic rings. The molecule has 150 valence electrons. The van der Waals surface area contributed by atoms with E-state index in [0.717, 1.165) is 48.9 Å². The number of hydrogen-bond donors (Lipinski definition) is 1. The van der Waals surface area contributed by atoms with Gasteiger partial charge in [0.2, 0.25) is 11.8 Å². The first-order valence-electron chi connectivity index (χ1n) is 10.1. The van der Waals surface area contributed by atoms with Crippen molar-refractivity contribution in [3.8, 4) is 0 Å². The van der Waals surface area contributed by atoms with Crippen LogP contribution in [-0.2, 0) is 32.5 Å². The molecule has 4 rings (SSSR count). The third kappa shape index (κ3) is 4.10. The number of rotatable bonds is 6. The summed E-state index contributed by atoms with van der Waals surface area (Å²) in [4.78, 5) is 23.6. The van der Waals surface area contributed by atoms with E-state index in [-0.39, 0.29) is 24.0 Å². The fourth-order valence-electron chi connectivity index (χ4n) is 4.03. The molecule has 0 spiro atoms. The van der Waals surface area contributed by atoms with E-state index in [4.69, 9.17) is 9.47 Å². The lowest BCUT2D eigenvalue weighted by molar-refractivity contribution is -0.162. The van der Waals surface area contributed by atoms with Gasteiger partial charge in [-0.1, -0.05) is 12.1 Å². The first kappa shape index (κ1) is 19.1. The molecule has 2 unspecified atom stereocenters. The van der Waals surface area contributed by atoms with Gasteiger partial charge in [-0.2, -0.15) is 5.10 Å². The van der Waals surface area contributed by atoms with E-state index in [1.165, 1.54) is 12.0 Å². The maximum absolute atomic E-state index is 12.2. The molecule has 28 heavy (non-hydrogen) atoms. The molecular formula is C21H27N3O4. The van der Waals surface area contributed by atoms with Crippen molar-refractivity contribution < 1.29 is 19.1 Å². The molecular weight excluding hydrogens is 358 g/mol. The highest BCUT2D eigenvalue weighted by Crippen LogP contribution is 2.30. The van der Waals surface area contributed by atoms with Crippen LogP contribution in [0.2, 0.25) is 0 Å². The maximum atomic E-state index is 12.2. The minimum absolute atomic E-state index is 0.0376. The van der Waals surface area contributed by atoms with Crippen molar-refractivity contribution in [2.75, 3.05) is 13.2 Å². The molecule has 0 saturated carbocycles. The number of aromatic nitrogens is 2. The Morgan fingerprint density at radius 2 is 2.18 bits per heavy atom. The lowest BCUT2D eigenvalue weighted by Crippen LogP contribution is -2.39. The van der Waals surface area contributed by atoms with Crippen LogP contribution in [0.25, 0.3) is 10.9 Å². The van der Waals surface area contributed by atoms with Gasteiger partial charge in [0.25, 0.3) is 0 Å². The summed E-state index contributed by atoms with van der Waals surface area (Å²) in [7, 11) is 1.89. The van der Waals surface area contributed by atoms with Crippen LogP contribution in [0.4, 0.5) is 0 Å². The first-order chi connectivity index (χ1) is 13.6. The average Bonchev–Trinajstić information content (AvgIpc) is 3.02. The molecule has 3 heterocycles. The molecule has 1 N–H and O–H groups in total. The molecule has 2 saturated heterocycles. The summed E-state index contributed by atoms with van der Waals surface area (Å²) in [5.74, 6) is -0.817. The Bertz CT molecular complexity index is 870. The highest BCUT2D eigenvalue weighted by atomic mass is 16.7. The Morgan fingerprint density at radius 1 is 1.29 bits per heavy atom. The number of benzene rings is 1. The Morgan fingerprint density at radius 3 is 2.96 bits per heavy atom. The van der Waals surface area contributed by atoms with Crippen LogP contribution >= 0.6 is 0 Å². The zero-order valence-electron chi connectivity index (χ0n) is 16.3. The normalized spacial score (nSPS) is 23.2. The van der Waals surface area contributed by atoms with Gasteiger partial charge in [-0.3, -0.25) is 19.6 Å². The molecule has 7 nitrogen and oxygen atoms in total. The van der Waals surface area contributed by atoms with Crippen molar-refractivity contribution in [2.45, 2.75) is 57.2 Å². The summed E-state index contributed by atoms with van der Waals surface area (Å²) in [5.41, 5.74) is 2.99. The maximum Gasteiger partial charge on any atom is 0.235 e. The molecule has 1 aromatic heterocycles. The van der Waals surface area contributed by atoms with Crippen molar-refractivity contribution in [1.82, 2.24) is 15.1 Å². The van der Waals surface area contributed by atoms with Gasteiger partial charge in [0, 0.05) is 25.5 Å². The molecule has 0 aliphatic carbocycles. The van der Waals surface area contributed by atoms with Crippen LogP contribution in [-0.4, -0.2) is 41.1 Å². The monoisotopic (exact) mass is 385 g/mol. The van der Waals surface area contributed by atoms with E-state index in [1.54, 1.807) is 0 Å². The summed E-state index contributed by atoms with van der Waals surface area (Å²) in [6, 6.07) is 6.27. The van der Waals surface area contributed by atoms with Crippen molar-refractivity contribution in [1.29, 1.82) is 0 Å². The summed E-state index contributed by atoms with van der Waals surface area (Å²) >= 11 is 0. The number of fused-ring (bicyclic) bond motifs is 1. The van der Waals surface area contributed by atoms with Crippen molar-refractivity contribution >= 4 is 22.7 Å². The fourth-order valence-corrected chi connectivity index (χ4v) is 4.03. The summed E-state index contributed by atoms with van der Waals surface area (Å²) in [6.07, 6.45) is 5.98. The van der Waals surface area contributed by atoms with E-state index >= 15 is 0 Å². The number of hydrogen-bond acceptors (Lipinski definition) is 5. The Hall–Kier alpha value is -2.25. The van der Waals surface area contributed by atoms with Crippen molar-refractivity contribution in [3.63, 3.8) is 0 Å². The van der Waals surface area contributed by atoms with Crippen molar-refractivity contribution in [2.24, 2.45) is 7.05 Å². The van der Waals surface area contributed by atoms with Crippen LogP contribution in [0.15, 0.2) is 18.2 Å². The van der Waals surface area contributed by atoms with Gasteiger partial charge >= 0.3 is 0 Å². The Kier molecular flexibility index (Phi) is 5.73. The van der Waals surface area contributed by atoms with E-state index < -0.39 is 0 Å². The zero-order valence-corrected chi connectivity index (χ0v) is 16.3. The molecule has 0 radical (unpaired) electrons. The van der Waals surface area contributed by atoms with Gasteiger partial charge in [-0.15, -0.1) is 0 Å². The molecule has 2 fully saturated rings. The lowest BCUT2D eigenvalue weighted by Gasteiger charge is -2.22. The second-order valence-electron chi connectivity index (χ2n) is 7.63. The SMILES string of the molecule is Cn1nc(C2CCC(=O)NC2=O)c2ccc(CCCOC3CCCCO3)cc21. The largest absolute Gasteiger partial charge is 0.353 e. The van der Waals surface area contributed by atoms with Gasteiger partial charge in [0.05, 0.1) is 23.7 Å². The van der Waals surface area contributed by atoms with Gasteiger partial charge in [0.15, 0.2) is 6.29 Å². The minimum atomic E-state index is -0.365. The summed E-state index contributed by atoms with van der Waals surface area (Å²) in [6.45, 7) is 1.49. The van der Waals surface area contributed by atoms with Crippen LogP contribution in [0.1, 0.15) is 55.7 Å². The average molecular weight is 385 g/mol. The number of imide groups is 1. The Balaban J connectivity index is 1.41. The number of nitrogens with zero attached hydrogens (tertiary/aromatic N) is 2. The van der Waals surface area contributed by atoms with Gasteiger partial charge in [-0.05, 0) is 50.2 Å². The molecule has 2 amide bonds. The van der Waals surface area contributed by atoms with Crippen LogP contribution in [0.5, 0.6) is 0 Å². The second-order valence-corrected chi connectivity index (χ2v) is 7.63. The number of amides is 2. The highest BCUT2D eigenvalue weighted by Gasteiger charge is 2.31. The highest BCUT2D eigenvalue weighted by molar-refractivity contribution is 6.02. The molecule has 2 atom stereocenters. The summed E-state index contributed by atoms with van der Waals surface area (Å²) < 4.78 is 13.2. The molecule has 1 aromatic carbocycles. The Labute approximate surface area is 164 Å². The van der Waals surface area contributed by atoms with E-state index in [2.05, 4.69) is 22.5 Å². The topological polar surface area (TPSA) is 82.5 Å². The quantitative estimate of drug-likeness (QED) is 0.610. The van der Waals surface area contributed by atoms with Crippen molar-refractivity contribution in [3.05, 3.63) is 29.5 Å². The number of carbonyl (C=O) groups excluding carboxylic acids is 2. The van der Waals surface area contributed by atoms with Gasteiger partial charge < -0.3 is 9.47 Å². The predicted molar refractivity (Wildman–Crippen MR) is 104 cm³/mol. The van der Waals surface area contributed by atoms with E-state index in [1.807, 2.05) is 17.8 Å². The predicted octanol–water partition coefficient (Wildman–Crippen LogP) is 2.57. The number of aryl methyl sites for hydroxylation is 2.